The number of aliphatic hydroxyl groups excluding tert-OH is 1. The molecule has 0 saturated carbocycles. The predicted molar refractivity (Wildman–Crippen MR) is 79.2 cm³/mol. The first-order valence-corrected chi connectivity index (χ1v) is 7.33. The van der Waals surface area contributed by atoms with Crippen molar-refractivity contribution in [3.63, 3.8) is 0 Å². The van der Waals surface area contributed by atoms with Crippen LogP contribution in [0.5, 0.6) is 0 Å². The zero-order chi connectivity index (χ0) is 13.8. The molecule has 0 radical (unpaired) electrons. The molecule has 2 aromatic rings. The Kier molecular flexibility index (Phi) is 4.59. The van der Waals surface area contributed by atoms with Crippen LogP contribution in [0.4, 0.5) is 0 Å². The molecule has 3 heteroatoms. The standard InChI is InChI=1S/C16H24N2O/c1-4-12(5-2)15(19)11-16-17-13-9-7-8-10-14(13)18(16)6-3/h7-10,12,15,19H,4-6,11H2,1-3H3. The van der Waals surface area contributed by atoms with E-state index in [2.05, 4.69) is 36.4 Å². The molecule has 0 aliphatic rings. The number of fused-ring (bicyclic) bond motifs is 1. The van der Waals surface area contributed by atoms with Crippen molar-refractivity contribution in [2.24, 2.45) is 5.92 Å². The van der Waals surface area contributed by atoms with Gasteiger partial charge in [-0.2, -0.15) is 0 Å². The van der Waals surface area contributed by atoms with Crippen molar-refractivity contribution in [2.75, 3.05) is 0 Å². The number of aromatic nitrogens is 2. The van der Waals surface area contributed by atoms with Gasteiger partial charge in [0.15, 0.2) is 0 Å². The van der Waals surface area contributed by atoms with Crippen LogP contribution < -0.4 is 0 Å². The van der Waals surface area contributed by atoms with Gasteiger partial charge in [0.1, 0.15) is 5.82 Å². The van der Waals surface area contributed by atoms with E-state index in [-0.39, 0.29) is 6.10 Å². The van der Waals surface area contributed by atoms with E-state index in [0.29, 0.717) is 12.3 Å². The van der Waals surface area contributed by atoms with Crippen LogP contribution in [-0.2, 0) is 13.0 Å². The summed E-state index contributed by atoms with van der Waals surface area (Å²) in [6.07, 6.45) is 2.39. The van der Waals surface area contributed by atoms with Crippen molar-refractivity contribution in [1.82, 2.24) is 9.55 Å². The first-order chi connectivity index (χ1) is 9.21. The maximum Gasteiger partial charge on any atom is 0.112 e. The van der Waals surface area contributed by atoms with Gasteiger partial charge < -0.3 is 9.67 Å². The quantitative estimate of drug-likeness (QED) is 0.864. The summed E-state index contributed by atoms with van der Waals surface area (Å²) in [6.45, 7) is 7.30. The number of hydrogen-bond acceptors (Lipinski definition) is 2. The molecule has 104 valence electrons. The number of imidazole rings is 1. The highest BCUT2D eigenvalue weighted by Gasteiger charge is 2.19. The average Bonchev–Trinajstić information content (AvgIpc) is 2.77. The molecule has 1 N–H and O–H groups in total. The smallest absolute Gasteiger partial charge is 0.112 e. The minimum atomic E-state index is -0.294. The van der Waals surface area contributed by atoms with Crippen LogP contribution in [0.25, 0.3) is 11.0 Å². The molecule has 0 bridgehead atoms. The second-order valence-corrected chi connectivity index (χ2v) is 5.11. The number of rotatable bonds is 6. The predicted octanol–water partition coefficient (Wildman–Crippen LogP) is 3.40. The number of aliphatic hydroxyl groups is 1. The molecule has 3 nitrogen and oxygen atoms in total. The second kappa shape index (κ2) is 6.20. The average molecular weight is 260 g/mol. The molecule has 1 aromatic heterocycles. The maximum absolute atomic E-state index is 10.4. The van der Waals surface area contributed by atoms with Crippen molar-refractivity contribution in [2.45, 2.75) is 52.7 Å². The largest absolute Gasteiger partial charge is 0.392 e. The Morgan fingerprint density at radius 3 is 2.47 bits per heavy atom. The van der Waals surface area contributed by atoms with Gasteiger partial charge in [-0.1, -0.05) is 38.8 Å². The van der Waals surface area contributed by atoms with Crippen LogP contribution >= 0.6 is 0 Å². The molecule has 1 heterocycles. The lowest BCUT2D eigenvalue weighted by Gasteiger charge is -2.20. The van der Waals surface area contributed by atoms with Gasteiger partial charge in [-0.15, -0.1) is 0 Å². The van der Waals surface area contributed by atoms with Crippen LogP contribution in [0.1, 0.15) is 39.4 Å². The number of aryl methyl sites for hydroxylation is 1. The van der Waals surface area contributed by atoms with Gasteiger partial charge in [0.25, 0.3) is 0 Å². The number of hydrogen-bond donors (Lipinski definition) is 1. The summed E-state index contributed by atoms with van der Waals surface area (Å²) >= 11 is 0. The molecule has 2 rings (SSSR count). The van der Waals surface area contributed by atoms with E-state index >= 15 is 0 Å². The molecule has 0 spiro atoms. The highest BCUT2D eigenvalue weighted by Crippen LogP contribution is 2.21. The van der Waals surface area contributed by atoms with Crippen molar-refractivity contribution < 1.29 is 5.11 Å². The van der Waals surface area contributed by atoms with E-state index in [0.717, 1.165) is 36.2 Å². The Bertz CT molecular complexity index is 529. The maximum atomic E-state index is 10.4. The van der Waals surface area contributed by atoms with Crippen molar-refractivity contribution in [1.29, 1.82) is 0 Å². The molecule has 1 aromatic carbocycles. The summed E-state index contributed by atoms with van der Waals surface area (Å²) in [5, 5.41) is 10.4. The molecule has 0 amide bonds. The van der Waals surface area contributed by atoms with Gasteiger partial charge in [0.05, 0.1) is 17.1 Å². The van der Waals surface area contributed by atoms with Gasteiger partial charge in [-0.05, 0) is 25.0 Å². The van der Waals surface area contributed by atoms with Gasteiger partial charge in [-0.3, -0.25) is 0 Å². The van der Waals surface area contributed by atoms with E-state index < -0.39 is 0 Å². The fourth-order valence-electron chi connectivity index (χ4n) is 2.82. The Morgan fingerprint density at radius 1 is 1.16 bits per heavy atom. The van der Waals surface area contributed by atoms with E-state index in [1.54, 1.807) is 0 Å². The summed E-state index contributed by atoms with van der Waals surface area (Å²) < 4.78 is 2.21. The SMILES string of the molecule is CCC(CC)C(O)Cc1nc2ccccc2n1CC. The Hall–Kier alpha value is -1.35. The molecular weight excluding hydrogens is 236 g/mol. The molecule has 0 fully saturated rings. The van der Waals surface area contributed by atoms with Gasteiger partial charge in [0, 0.05) is 13.0 Å². The first kappa shape index (κ1) is 14.1. The zero-order valence-electron chi connectivity index (χ0n) is 12.1. The van der Waals surface area contributed by atoms with E-state index in [9.17, 15) is 5.11 Å². The summed E-state index contributed by atoms with van der Waals surface area (Å²) in [7, 11) is 0. The Labute approximate surface area is 115 Å². The molecule has 0 aliphatic heterocycles. The van der Waals surface area contributed by atoms with Gasteiger partial charge >= 0.3 is 0 Å². The third-order valence-electron chi connectivity index (χ3n) is 4.03. The monoisotopic (exact) mass is 260 g/mol. The minimum Gasteiger partial charge on any atom is -0.392 e. The highest BCUT2D eigenvalue weighted by atomic mass is 16.3. The van der Waals surface area contributed by atoms with Crippen LogP contribution in [0.3, 0.4) is 0 Å². The van der Waals surface area contributed by atoms with E-state index in [1.165, 1.54) is 0 Å². The summed E-state index contributed by atoms with van der Waals surface area (Å²) in [5.74, 6) is 1.37. The molecule has 0 saturated heterocycles. The van der Waals surface area contributed by atoms with Crippen LogP contribution in [-0.4, -0.2) is 20.8 Å². The van der Waals surface area contributed by atoms with E-state index in [1.807, 2.05) is 18.2 Å². The molecule has 1 unspecified atom stereocenters. The summed E-state index contributed by atoms with van der Waals surface area (Å²) in [6, 6.07) is 8.18. The lowest BCUT2D eigenvalue weighted by Crippen LogP contribution is -2.23. The topological polar surface area (TPSA) is 38.1 Å². The van der Waals surface area contributed by atoms with Gasteiger partial charge in [-0.25, -0.2) is 4.98 Å². The highest BCUT2D eigenvalue weighted by molar-refractivity contribution is 5.75. The first-order valence-electron chi connectivity index (χ1n) is 7.33. The normalized spacial score (nSPS) is 13.3. The minimum absolute atomic E-state index is 0.294. The third-order valence-corrected chi connectivity index (χ3v) is 4.03. The lowest BCUT2D eigenvalue weighted by atomic mass is 9.94. The third kappa shape index (κ3) is 2.81. The molecule has 1 atom stereocenters. The summed E-state index contributed by atoms with van der Waals surface area (Å²) in [4.78, 5) is 4.68. The molecule has 19 heavy (non-hydrogen) atoms. The van der Waals surface area contributed by atoms with Crippen molar-refractivity contribution in [3.8, 4) is 0 Å². The number of para-hydroxylation sites is 2. The van der Waals surface area contributed by atoms with E-state index in [4.69, 9.17) is 0 Å². The fraction of sp³-hybridized carbons (Fsp3) is 0.562. The van der Waals surface area contributed by atoms with Crippen LogP contribution in [0, 0.1) is 5.92 Å². The molecule has 0 aliphatic carbocycles. The fourth-order valence-corrected chi connectivity index (χ4v) is 2.82. The Morgan fingerprint density at radius 2 is 1.84 bits per heavy atom. The van der Waals surface area contributed by atoms with Crippen LogP contribution in [0.2, 0.25) is 0 Å². The lowest BCUT2D eigenvalue weighted by molar-refractivity contribution is 0.100. The van der Waals surface area contributed by atoms with Crippen molar-refractivity contribution in [3.05, 3.63) is 30.1 Å². The second-order valence-electron chi connectivity index (χ2n) is 5.11. The molecular formula is C16H24N2O. The number of benzene rings is 1. The van der Waals surface area contributed by atoms with Gasteiger partial charge in [0.2, 0.25) is 0 Å². The van der Waals surface area contributed by atoms with Crippen LogP contribution in [0.15, 0.2) is 24.3 Å². The number of nitrogens with zero attached hydrogens (tertiary/aromatic N) is 2. The van der Waals surface area contributed by atoms with Crippen molar-refractivity contribution >= 4 is 11.0 Å². The Balaban J connectivity index is 2.29. The summed E-state index contributed by atoms with van der Waals surface area (Å²) in [5.41, 5.74) is 2.19. The zero-order valence-corrected chi connectivity index (χ0v) is 12.1.